The molecule has 17 heteroatoms. The van der Waals surface area contributed by atoms with Gasteiger partial charge in [0, 0.05) is 39.1 Å². The molecule has 1 saturated carbocycles. The van der Waals surface area contributed by atoms with E-state index in [1.165, 1.54) is 10.5 Å². The van der Waals surface area contributed by atoms with Gasteiger partial charge in [-0.15, -0.1) is 6.58 Å². The first-order chi connectivity index (χ1) is 36.7. The van der Waals surface area contributed by atoms with Crippen LogP contribution in [-0.2, 0) is 50.7 Å². The predicted octanol–water partition coefficient (Wildman–Crippen LogP) is 12.9. The highest BCUT2D eigenvalue weighted by Crippen LogP contribution is 2.50. The second-order valence-corrected chi connectivity index (χ2v) is 41.3. The number of esters is 1. The lowest BCUT2D eigenvalue weighted by Gasteiger charge is -2.54. The summed E-state index contributed by atoms with van der Waals surface area (Å²) in [7, 11) is -3.36. The number of fused-ring (bicyclic) bond motifs is 5. The van der Waals surface area contributed by atoms with Crippen molar-refractivity contribution in [2.45, 2.75) is 295 Å². The van der Waals surface area contributed by atoms with E-state index in [4.69, 9.17) is 41.1 Å². The number of nitrogens with zero attached hydrogens (tertiary/aromatic N) is 1. The molecule has 0 aromatic carbocycles. The number of ether oxygens (including phenoxy) is 5. The fraction of sp³-hybridized carbons (Fsp3) is 0.871. The van der Waals surface area contributed by atoms with Crippen LogP contribution in [-0.4, -0.2) is 147 Å². The zero-order chi connectivity index (χ0) is 59.5. The smallest absolute Gasteiger partial charge is 0.334 e. The maximum atomic E-state index is 15.5. The number of allylic oxidation sites excluding steroid dienone is 2. The van der Waals surface area contributed by atoms with Crippen molar-refractivity contribution < 1.29 is 60.9 Å². The van der Waals surface area contributed by atoms with Gasteiger partial charge in [0.05, 0.1) is 42.7 Å². The maximum Gasteiger partial charge on any atom is 0.334 e. The molecule has 456 valence electrons. The fourth-order valence-electron chi connectivity index (χ4n) is 13.9. The van der Waals surface area contributed by atoms with E-state index < -0.39 is 104 Å². The molecule has 79 heavy (non-hydrogen) atoms. The predicted molar refractivity (Wildman–Crippen MR) is 321 cm³/mol. The Morgan fingerprint density at radius 3 is 1.91 bits per heavy atom. The molecule has 17 atom stereocenters. The number of aliphatic hydroxyl groups excluding tert-OH is 1. The van der Waals surface area contributed by atoms with Gasteiger partial charge in [0.2, 0.25) is 5.79 Å². The first kappa shape index (κ1) is 68.2. The minimum Gasteiger partial charge on any atom is -0.456 e. The van der Waals surface area contributed by atoms with Crippen LogP contribution in [0.3, 0.4) is 0 Å². The van der Waals surface area contributed by atoms with Crippen LogP contribution in [0.1, 0.15) is 182 Å². The molecule has 4 aliphatic heterocycles. The molecular weight excluding hydrogens is 1050 g/mol. The standard InChI is InChI=1S/C62H113NO13Si3/c1-24-47-31-41(11)30-42(12)32-54(69-20)57-55(70-21)34-44(14)62(67,72-57)58(64)59(65)63-48(25-2)27-28-49(63)60(66)71-56(43(13)33-46-26-29-50(53(35-46)68-19)73-77(22,23)61(16,17)18)45(15)51-36-52(47)75-79(39(7)8,40(9)10)76-78(74-51,37(3)4)38(5)6/h25,31,33,37-40,42,44-58,64,67H,2,24,26-30,32,34-36H2,1,3-23H3/b41-31+,43-33+/t42-,44+,45+,46-,47+,48-,49-,50+,51+,52-,53+,54?,55-,56+,57+,58?,62+/m0/s1. The Bertz CT molecular complexity index is 2060. The molecule has 0 aromatic rings. The van der Waals surface area contributed by atoms with Crippen LogP contribution in [0.15, 0.2) is 36.0 Å². The molecule has 0 radical (unpaired) electrons. The van der Waals surface area contributed by atoms with Crippen LogP contribution in [0, 0.1) is 29.6 Å². The molecule has 1 amide bonds. The summed E-state index contributed by atoms with van der Waals surface area (Å²) in [6.45, 7) is 46.1. The summed E-state index contributed by atoms with van der Waals surface area (Å²) in [6, 6.07) is -1.72. The van der Waals surface area contributed by atoms with Crippen LogP contribution in [0.5, 0.6) is 0 Å². The van der Waals surface area contributed by atoms with Crippen molar-refractivity contribution in [3.63, 3.8) is 0 Å². The molecule has 4 fully saturated rings. The van der Waals surface area contributed by atoms with Crippen LogP contribution < -0.4 is 0 Å². The maximum absolute atomic E-state index is 15.5. The number of amides is 1. The number of hydrogen-bond donors (Lipinski definition) is 2. The zero-order valence-electron chi connectivity index (χ0n) is 53.4. The number of hydrogen-bond acceptors (Lipinski definition) is 13. The lowest BCUT2D eigenvalue weighted by Crippen LogP contribution is -2.66. The van der Waals surface area contributed by atoms with Gasteiger partial charge in [0.15, 0.2) is 14.4 Å². The third-order valence-electron chi connectivity index (χ3n) is 19.8. The summed E-state index contributed by atoms with van der Waals surface area (Å²) in [5, 5.41) is 25.0. The summed E-state index contributed by atoms with van der Waals surface area (Å²) in [5.41, 5.74) is 2.47. The highest BCUT2D eigenvalue weighted by Gasteiger charge is 2.61. The molecule has 5 aliphatic rings. The summed E-state index contributed by atoms with van der Waals surface area (Å²) >= 11 is 0. The molecule has 0 aromatic heterocycles. The van der Waals surface area contributed by atoms with Crippen molar-refractivity contribution in [1.29, 1.82) is 0 Å². The number of cyclic esters (lactones) is 1. The summed E-state index contributed by atoms with van der Waals surface area (Å²) in [4.78, 5) is 32.0. The Labute approximate surface area is 482 Å². The van der Waals surface area contributed by atoms with Gasteiger partial charge in [-0.2, -0.15) is 0 Å². The number of rotatable bonds is 13. The van der Waals surface area contributed by atoms with Crippen LogP contribution in [0.2, 0.25) is 40.3 Å². The van der Waals surface area contributed by atoms with Gasteiger partial charge in [-0.25, -0.2) is 4.79 Å². The quantitative estimate of drug-likeness (QED) is 0.102. The van der Waals surface area contributed by atoms with Crippen molar-refractivity contribution in [3.05, 3.63) is 36.0 Å². The van der Waals surface area contributed by atoms with Gasteiger partial charge in [-0.05, 0) is 136 Å². The van der Waals surface area contributed by atoms with Crippen molar-refractivity contribution in [1.82, 2.24) is 4.90 Å². The van der Waals surface area contributed by atoms with Gasteiger partial charge >= 0.3 is 23.1 Å². The third-order valence-corrected chi connectivity index (χ3v) is 34.7. The van der Waals surface area contributed by atoms with Crippen LogP contribution in [0.4, 0.5) is 0 Å². The lowest BCUT2D eigenvalue weighted by molar-refractivity contribution is -0.346. The Hall–Kier alpha value is -1.59. The Morgan fingerprint density at radius 2 is 1.39 bits per heavy atom. The zero-order valence-corrected chi connectivity index (χ0v) is 56.4. The van der Waals surface area contributed by atoms with Crippen molar-refractivity contribution in [2.75, 3.05) is 21.3 Å². The number of methoxy groups -OCH3 is 3. The van der Waals surface area contributed by atoms with Gasteiger partial charge in [-0.3, -0.25) is 4.79 Å². The fourth-order valence-corrected chi connectivity index (χ4v) is 26.7. The Kier molecular flexibility index (Phi) is 23.8. The summed E-state index contributed by atoms with van der Waals surface area (Å²) in [6.07, 6.45) is 6.75. The summed E-state index contributed by atoms with van der Waals surface area (Å²) < 4.78 is 62.9. The average molecular weight is 1160 g/mol. The highest BCUT2D eigenvalue weighted by atomic mass is 28.5. The number of carbonyl (C=O) groups is 2. The summed E-state index contributed by atoms with van der Waals surface area (Å²) in [5.74, 6) is -4.72. The van der Waals surface area contributed by atoms with E-state index in [0.29, 0.717) is 19.3 Å². The van der Waals surface area contributed by atoms with Gasteiger partial charge in [0.25, 0.3) is 5.91 Å². The van der Waals surface area contributed by atoms with Crippen molar-refractivity contribution in [2.24, 2.45) is 29.6 Å². The van der Waals surface area contributed by atoms with E-state index in [9.17, 15) is 10.2 Å². The van der Waals surface area contributed by atoms with Crippen LogP contribution in [0.25, 0.3) is 0 Å². The molecule has 2 N–H and O–H groups in total. The second-order valence-electron chi connectivity index (χ2n) is 27.8. The monoisotopic (exact) mass is 1160 g/mol. The van der Waals surface area contributed by atoms with Crippen molar-refractivity contribution >= 4 is 37.3 Å². The van der Waals surface area contributed by atoms with Crippen LogP contribution >= 0.6 is 0 Å². The molecule has 1 aliphatic carbocycles. The highest BCUT2D eigenvalue weighted by molar-refractivity contribution is 6.84. The normalized spacial score (nSPS) is 38.7. The Balaban J connectivity index is 1.75. The topological polar surface area (TPSA) is 161 Å². The minimum atomic E-state index is -3.19. The first-order valence-electron chi connectivity index (χ1n) is 30.6. The lowest BCUT2D eigenvalue weighted by atomic mass is 9.81. The number of aliphatic hydroxyl groups is 2. The average Bonchev–Trinajstić information content (AvgIpc) is 3.98. The molecule has 0 spiro atoms. The van der Waals surface area contributed by atoms with E-state index >= 15 is 9.59 Å². The molecule has 4 heterocycles. The SMILES string of the molecule is C=C[C@H]1CC[C@H]2C(=O)O[C@H](/C(C)=C/[C@@H]3CC[C@@H](O[Si](C)(C)C(C)(C)C)[C@H](OC)C3)[C@H](C)[C@H]3C[C@H](O[Si](C(C)C)(C(C)C)O[Si](C(C)C)(C(C)C)O3)[C@H](CC)/C=C(\C)C[C@H](C)CC(OC)[C@H]3O[C@@](O)(C(O)C(=O)N12)[C@H](C)C[C@@H]3OC. The van der Waals surface area contributed by atoms with E-state index in [0.717, 1.165) is 37.7 Å². The third kappa shape index (κ3) is 14.7. The first-order valence-corrected chi connectivity index (χ1v) is 37.5. The molecule has 2 unspecified atom stereocenters. The largest absolute Gasteiger partial charge is 0.456 e. The van der Waals surface area contributed by atoms with E-state index in [2.05, 4.69) is 143 Å². The number of carbonyl (C=O) groups excluding carboxylic acids is 2. The van der Waals surface area contributed by atoms with Gasteiger partial charge < -0.3 is 56.2 Å². The van der Waals surface area contributed by atoms with E-state index in [1.54, 1.807) is 34.3 Å². The van der Waals surface area contributed by atoms with E-state index in [-0.39, 0.29) is 76.1 Å². The molecular formula is C62H113NO13Si3. The molecule has 14 nitrogen and oxygen atoms in total. The van der Waals surface area contributed by atoms with E-state index in [1.807, 2.05) is 0 Å². The van der Waals surface area contributed by atoms with Crippen molar-refractivity contribution in [3.8, 4) is 0 Å². The second kappa shape index (κ2) is 27.6. The van der Waals surface area contributed by atoms with Gasteiger partial charge in [0.1, 0.15) is 18.2 Å². The molecule has 4 bridgehead atoms. The molecule has 3 saturated heterocycles. The minimum absolute atomic E-state index is 0.00293. The Morgan fingerprint density at radius 1 is 0.835 bits per heavy atom. The van der Waals surface area contributed by atoms with Gasteiger partial charge in [-0.1, -0.05) is 128 Å². The molecule has 5 rings (SSSR count).